The number of ketones is 2. The molecule has 1 aromatic rings. The Morgan fingerprint density at radius 2 is 1.59 bits per heavy atom. The molecule has 0 aliphatic heterocycles. The zero-order chi connectivity index (χ0) is 20.3. The molecule has 5 heteroatoms. The maximum Gasteiger partial charge on any atom is 0.135 e. The number of rotatable bonds is 9. The van der Waals surface area contributed by atoms with Gasteiger partial charge in [0.15, 0.2) is 0 Å². The van der Waals surface area contributed by atoms with E-state index in [0.717, 1.165) is 6.42 Å². The van der Waals surface area contributed by atoms with E-state index in [9.17, 15) is 14.5 Å². The SMILES string of the molecule is C.C=P(C)(O)OC[C@@H](CC(=O)C(C)C)Cc1ccccc1.CC(=O)C(C)C. The predicted octanol–water partition coefficient (Wildman–Crippen LogP) is 5.25. The summed E-state index contributed by atoms with van der Waals surface area (Å²) in [5, 5.41) is 0. The van der Waals surface area contributed by atoms with Crippen LogP contribution in [-0.4, -0.2) is 36.0 Å². The first-order chi connectivity index (χ1) is 11.9. The fourth-order valence-corrected chi connectivity index (χ4v) is 2.46. The monoisotopic (exact) mass is 398 g/mol. The van der Waals surface area contributed by atoms with Crippen molar-refractivity contribution in [1.29, 1.82) is 0 Å². The number of hydrogen-bond acceptors (Lipinski definition) is 4. The lowest BCUT2D eigenvalue weighted by Crippen LogP contribution is -2.19. The second-order valence-electron chi connectivity index (χ2n) is 7.49. The Morgan fingerprint density at radius 3 is 1.96 bits per heavy atom. The van der Waals surface area contributed by atoms with E-state index in [4.69, 9.17) is 4.52 Å². The third-order valence-corrected chi connectivity index (χ3v) is 4.61. The molecular weight excluding hydrogens is 359 g/mol. The first-order valence-electron chi connectivity index (χ1n) is 9.07. The first-order valence-corrected chi connectivity index (χ1v) is 11.4. The third-order valence-electron chi connectivity index (χ3n) is 3.90. The summed E-state index contributed by atoms with van der Waals surface area (Å²) in [6, 6.07) is 10.0. The maximum atomic E-state index is 11.9. The quantitative estimate of drug-likeness (QED) is 0.577. The molecule has 156 valence electrons. The van der Waals surface area contributed by atoms with Gasteiger partial charge in [-0.15, -0.1) is 0 Å². The third kappa shape index (κ3) is 15.5. The fourth-order valence-electron chi connectivity index (χ4n) is 1.92. The van der Waals surface area contributed by atoms with E-state index in [0.29, 0.717) is 13.0 Å². The number of Topliss-reactive ketones (excluding diaryl/α,β-unsaturated/α-hetero) is 2. The van der Waals surface area contributed by atoms with Crippen molar-refractivity contribution in [2.75, 3.05) is 13.3 Å². The summed E-state index contributed by atoms with van der Waals surface area (Å²) in [7, 11) is -2.50. The number of hydrogen-bond donors (Lipinski definition) is 1. The van der Waals surface area contributed by atoms with Crippen LogP contribution in [0.3, 0.4) is 0 Å². The van der Waals surface area contributed by atoms with E-state index < -0.39 is 7.34 Å². The van der Waals surface area contributed by atoms with Crippen LogP contribution in [0.15, 0.2) is 30.3 Å². The van der Waals surface area contributed by atoms with Gasteiger partial charge in [0.2, 0.25) is 0 Å². The predicted molar refractivity (Wildman–Crippen MR) is 118 cm³/mol. The van der Waals surface area contributed by atoms with Crippen molar-refractivity contribution >= 4 is 25.2 Å². The first kappa shape index (κ1) is 28.0. The molecule has 4 nitrogen and oxygen atoms in total. The van der Waals surface area contributed by atoms with Crippen LogP contribution in [-0.2, 0) is 20.5 Å². The van der Waals surface area contributed by atoms with Gasteiger partial charge in [-0.05, 0) is 24.8 Å². The Hall–Kier alpha value is -1.22. The average Bonchev–Trinajstić information content (AvgIpc) is 2.53. The molecule has 0 aliphatic carbocycles. The molecule has 1 unspecified atom stereocenters. The zero-order valence-corrected chi connectivity index (χ0v) is 18.0. The molecule has 1 rings (SSSR count). The Kier molecular flexibility index (Phi) is 14.4. The standard InChI is InChI=1S/C16H25O3P.C5H10O.CH4/c1-13(2)16(17)11-15(12-19-20(3,4)18)10-14-8-6-5-7-9-14;1-4(2)5(3)6;/h5-9,13,15,18H,3,10-12H2,1-2,4H3;4H,1-3H3;1H4/t15-,20?;;/m1../s1. The molecule has 0 radical (unpaired) electrons. The summed E-state index contributed by atoms with van der Waals surface area (Å²) in [6.07, 6.45) is 4.88. The molecule has 0 saturated heterocycles. The summed E-state index contributed by atoms with van der Waals surface area (Å²) in [6.45, 7) is 11.2. The van der Waals surface area contributed by atoms with Gasteiger partial charge in [-0.25, -0.2) is 0 Å². The summed E-state index contributed by atoms with van der Waals surface area (Å²) in [5.74, 6) is 0.820. The van der Waals surface area contributed by atoms with Crippen LogP contribution in [0.1, 0.15) is 54.0 Å². The van der Waals surface area contributed by atoms with Gasteiger partial charge in [0.1, 0.15) is 18.9 Å². The maximum absolute atomic E-state index is 11.9. The van der Waals surface area contributed by atoms with Crippen molar-refractivity contribution in [1.82, 2.24) is 0 Å². The van der Waals surface area contributed by atoms with Crippen LogP contribution in [0.5, 0.6) is 0 Å². The minimum absolute atomic E-state index is 0. The number of benzene rings is 1. The van der Waals surface area contributed by atoms with Crippen molar-refractivity contribution in [2.45, 2.75) is 54.9 Å². The van der Waals surface area contributed by atoms with Gasteiger partial charge in [-0.3, -0.25) is 9.59 Å². The van der Waals surface area contributed by atoms with Gasteiger partial charge in [0.05, 0.1) is 6.61 Å². The Morgan fingerprint density at radius 1 is 1.11 bits per heavy atom. The van der Waals surface area contributed by atoms with Crippen molar-refractivity contribution < 1.29 is 19.0 Å². The summed E-state index contributed by atoms with van der Waals surface area (Å²) >= 11 is 0. The molecular formula is C22H39O4P. The Bertz CT molecular complexity index is 588. The van der Waals surface area contributed by atoms with Crippen LogP contribution in [0.4, 0.5) is 0 Å². The molecule has 1 N–H and O–H groups in total. The van der Waals surface area contributed by atoms with Crippen molar-refractivity contribution in [2.24, 2.45) is 17.8 Å². The van der Waals surface area contributed by atoms with Crippen LogP contribution < -0.4 is 0 Å². The lowest BCUT2D eigenvalue weighted by Gasteiger charge is -2.20. The van der Waals surface area contributed by atoms with Crippen molar-refractivity contribution in [3.05, 3.63) is 35.9 Å². The average molecular weight is 399 g/mol. The number of carbonyl (C=O) groups is 2. The van der Waals surface area contributed by atoms with Crippen LogP contribution in [0.2, 0.25) is 0 Å². The highest BCUT2D eigenvalue weighted by Crippen LogP contribution is 2.37. The van der Waals surface area contributed by atoms with E-state index in [-0.39, 0.29) is 36.7 Å². The van der Waals surface area contributed by atoms with E-state index in [1.165, 1.54) is 5.56 Å². The van der Waals surface area contributed by atoms with E-state index in [1.54, 1.807) is 13.6 Å². The van der Waals surface area contributed by atoms with E-state index in [2.05, 4.69) is 6.30 Å². The molecule has 0 aromatic heterocycles. The molecule has 0 aliphatic rings. The summed E-state index contributed by atoms with van der Waals surface area (Å²) in [4.78, 5) is 31.8. The Labute approximate surface area is 166 Å². The minimum atomic E-state index is -2.50. The minimum Gasteiger partial charge on any atom is -0.353 e. The normalized spacial score (nSPS) is 13.8. The fraction of sp³-hybridized carbons (Fsp3) is 0.591. The molecule has 0 spiro atoms. The number of carbonyl (C=O) groups excluding carboxylic acids is 2. The molecule has 0 heterocycles. The topological polar surface area (TPSA) is 63.6 Å². The van der Waals surface area contributed by atoms with E-state index in [1.807, 2.05) is 58.0 Å². The second kappa shape index (κ2) is 13.9. The van der Waals surface area contributed by atoms with Gasteiger partial charge in [0, 0.05) is 24.9 Å². The molecule has 27 heavy (non-hydrogen) atoms. The highest BCUT2D eigenvalue weighted by Gasteiger charge is 2.18. The molecule has 1 aromatic carbocycles. The van der Waals surface area contributed by atoms with Gasteiger partial charge < -0.3 is 9.42 Å². The largest absolute Gasteiger partial charge is 0.353 e. The van der Waals surface area contributed by atoms with Crippen molar-refractivity contribution in [3.63, 3.8) is 0 Å². The zero-order valence-electron chi connectivity index (χ0n) is 17.1. The van der Waals surface area contributed by atoms with Gasteiger partial charge in [0.25, 0.3) is 0 Å². The second-order valence-corrected chi connectivity index (χ2v) is 9.85. The highest BCUT2D eigenvalue weighted by molar-refractivity contribution is 7.62. The van der Waals surface area contributed by atoms with Gasteiger partial charge in [-0.1, -0.05) is 71.8 Å². The molecule has 2 atom stereocenters. The highest BCUT2D eigenvalue weighted by atomic mass is 31.2. The van der Waals surface area contributed by atoms with Crippen molar-refractivity contribution in [3.8, 4) is 0 Å². The Balaban J connectivity index is 0. The molecule has 0 bridgehead atoms. The smallest absolute Gasteiger partial charge is 0.135 e. The van der Waals surface area contributed by atoms with Gasteiger partial charge >= 0.3 is 0 Å². The summed E-state index contributed by atoms with van der Waals surface area (Å²) < 4.78 is 5.45. The van der Waals surface area contributed by atoms with E-state index >= 15 is 0 Å². The lowest BCUT2D eigenvalue weighted by atomic mass is 9.92. The molecule has 0 saturated carbocycles. The molecule has 0 amide bonds. The molecule has 0 fully saturated rings. The van der Waals surface area contributed by atoms with Gasteiger partial charge in [-0.2, -0.15) is 0 Å². The summed E-state index contributed by atoms with van der Waals surface area (Å²) in [5.41, 5.74) is 1.18. The van der Waals surface area contributed by atoms with Crippen LogP contribution in [0.25, 0.3) is 0 Å². The van der Waals surface area contributed by atoms with Crippen LogP contribution in [0, 0.1) is 17.8 Å². The lowest BCUT2D eigenvalue weighted by molar-refractivity contribution is -0.123. The van der Waals surface area contributed by atoms with Crippen LogP contribution >= 0.6 is 7.34 Å².